The zero-order valence-corrected chi connectivity index (χ0v) is 10.8. The third-order valence-corrected chi connectivity index (χ3v) is 2.36. The average Bonchev–Trinajstić information content (AvgIpc) is 2.28. The Morgan fingerprint density at radius 2 is 1.94 bits per heavy atom. The van der Waals surface area contributed by atoms with Gasteiger partial charge in [0.2, 0.25) is 0 Å². The summed E-state index contributed by atoms with van der Waals surface area (Å²) in [6, 6.07) is 5.90. The minimum atomic E-state index is 0. The first kappa shape index (κ1) is 15.1. The highest BCUT2D eigenvalue weighted by Crippen LogP contribution is 2.30. The highest BCUT2D eigenvalue weighted by atomic mass is 35.5. The van der Waals surface area contributed by atoms with E-state index in [2.05, 4.69) is 6.92 Å². The molecule has 0 saturated carbocycles. The number of hydrogen-bond acceptors (Lipinski definition) is 3. The Labute approximate surface area is 103 Å². The monoisotopic (exact) mass is 245 g/mol. The van der Waals surface area contributed by atoms with Crippen LogP contribution in [-0.2, 0) is 0 Å². The summed E-state index contributed by atoms with van der Waals surface area (Å²) in [4.78, 5) is 0. The van der Waals surface area contributed by atoms with Crippen molar-refractivity contribution in [2.24, 2.45) is 5.73 Å². The third-order valence-electron chi connectivity index (χ3n) is 2.36. The quantitative estimate of drug-likeness (QED) is 0.868. The highest BCUT2D eigenvalue weighted by molar-refractivity contribution is 5.85. The van der Waals surface area contributed by atoms with Crippen LogP contribution in [0.4, 0.5) is 0 Å². The molecular weight excluding hydrogens is 226 g/mol. The van der Waals surface area contributed by atoms with Gasteiger partial charge in [-0.05, 0) is 31.0 Å². The zero-order chi connectivity index (χ0) is 11.3. The number of halogens is 1. The van der Waals surface area contributed by atoms with Crippen LogP contribution in [0.15, 0.2) is 18.2 Å². The molecule has 1 atom stereocenters. The van der Waals surface area contributed by atoms with Crippen LogP contribution in [0.2, 0.25) is 0 Å². The predicted molar refractivity (Wildman–Crippen MR) is 68.6 cm³/mol. The first-order valence-corrected chi connectivity index (χ1v) is 5.29. The average molecular weight is 246 g/mol. The fourth-order valence-corrected chi connectivity index (χ4v) is 1.43. The van der Waals surface area contributed by atoms with Gasteiger partial charge in [-0.25, -0.2) is 0 Å². The minimum Gasteiger partial charge on any atom is -0.493 e. The molecule has 0 aliphatic rings. The largest absolute Gasteiger partial charge is 0.493 e. The maximum atomic E-state index is 5.95. The second-order valence-electron chi connectivity index (χ2n) is 3.36. The van der Waals surface area contributed by atoms with Crippen molar-refractivity contribution >= 4 is 12.4 Å². The van der Waals surface area contributed by atoms with Gasteiger partial charge in [0.1, 0.15) is 0 Å². The lowest BCUT2D eigenvalue weighted by atomic mass is 10.1. The smallest absolute Gasteiger partial charge is 0.161 e. The van der Waals surface area contributed by atoms with Crippen LogP contribution >= 0.6 is 12.4 Å². The molecular formula is C12H20ClNO2. The number of benzene rings is 1. The van der Waals surface area contributed by atoms with Gasteiger partial charge in [-0.2, -0.15) is 0 Å². The number of hydrogen-bond donors (Lipinski definition) is 1. The van der Waals surface area contributed by atoms with Gasteiger partial charge in [0, 0.05) is 6.04 Å². The maximum Gasteiger partial charge on any atom is 0.161 e. The van der Waals surface area contributed by atoms with Crippen LogP contribution < -0.4 is 15.2 Å². The van der Waals surface area contributed by atoms with E-state index in [1.807, 2.05) is 25.1 Å². The molecule has 92 valence electrons. The van der Waals surface area contributed by atoms with Crippen molar-refractivity contribution in [2.75, 3.05) is 13.7 Å². The normalized spacial score (nSPS) is 11.5. The van der Waals surface area contributed by atoms with Crippen LogP contribution in [0.25, 0.3) is 0 Å². The van der Waals surface area contributed by atoms with Gasteiger partial charge < -0.3 is 15.2 Å². The lowest BCUT2D eigenvalue weighted by molar-refractivity contribution is 0.310. The number of nitrogens with two attached hydrogens (primary N) is 1. The Bertz CT molecular complexity index is 318. The van der Waals surface area contributed by atoms with Gasteiger partial charge in [-0.1, -0.05) is 13.0 Å². The molecule has 0 heterocycles. The molecule has 0 spiro atoms. The summed E-state index contributed by atoms with van der Waals surface area (Å²) in [5.41, 5.74) is 7.04. The lowest BCUT2D eigenvalue weighted by Gasteiger charge is -2.14. The molecule has 0 saturated heterocycles. The molecule has 1 aromatic rings. The topological polar surface area (TPSA) is 44.5 Å². The van der Waals surface area contributed by atoms with Crippen LogP contribution in [-0.4, -0.2) is 13.7 Å². The van der Waals surface area contributed by atoms with Crippen molar-refractivity contribution < 1.29 is 9.47 Å². The molecule has 0 aliphatic heterocycles. The SMILES string of the molecule is CCOc1cc([C@@H](N)CC)ccc1OC.Cl. The van der Waals surface area contributed by atoms with Crippen molar-refractivity contribution in [3.8, 4) is 11.5 Å². The van der Waals surface area contributed by atoms with E-state index < -0.39 is 0 Å². The fourth-order valence-electron chi connectivity index (χ4n) is 1.43. The lowest BCUT2D eigenvalue weighted by Crippen LogP contribution is -2.09. The molecule has 1 rings (SSSR count). The van der Waals surface area contributed by atoms with Crippen molar-refractivity contribution in [3.63, 3.8) is 0 Å². The second kappa shape index (κ2) is 7.36. The van der Waals surface area contributed by atoms with E-state index in [4.69, 9.17) is 15.2 Å². The highest BCUT2D eigenvalue weighted by Gasteiger charge is 2.09. The summed E-state index contributed by atoms with van der Waals surface area (Å²) in [6.45, 7) is 4.64. The van der Waals surface area contributed by atoms with Gasteiger partial charge in [-0.3, -0.25) is 0 Å². The Morgan fingerprint density at radius 1 is 1.25 bits per heavy atom. The second-order valence-corrected chi connectivity index (χ2v) is 3.36. The van der Waals surface area contributed by atoms with Gasteiger partial charge >= 0.3 is 0 Å². The molecule has 2 N–H and O–H groups in total. The van der Waals surface area contributed by atoms with E-state index >= 15 is 0 Å². The minimum absolute atomic E-state index is 0. The Hall–Kier alpha value is -0.930. The van der Waals surface area contributed by atoms with Crippen LogP contribution in [0, 0.1) is 0 Å². The first-order valence-electron chi connectivity index (χ1n) is 5.29. The van der Waals surface area contributed by atoms with E-state index in [1.165, 1.54) is 0 Å². The van der Waals surface area contributed by atoms with E-state index in [-0.39, 0.29) is 18.4 Å². The van der Waals surface area contributed by atoms with E-state index in [1.54, 1.807) is 7.11 Å². The summed E-state index contributed by atoms with van der Waals surface area (Å²) < 4.78 is 10.7. The Balaban J connectivity index is 0.00000225. The number of methoxy groups -OCH3 is 1. The molecule has 0 radical (unpaired) electrons. The zero-order valence-electron chi connectivity index (χ0n) is 10.0. The molecule has 0 bridgehead atoms. The Kier molecular flexibility index (Phi) is 6.93. The van der Waals surface area contributed by atoms with Gasteiger partial charge in [0.15, 0.2) is 11.5 Å². The van der Waals surface area contributed by atoms with Gasteiger partial charge in [-0.15, -0.1) is 12.4 Å². The van der Waals surface area contributed by atoms with Gasteiger partial charge in [0.25, 0.3) is 0 Å². The molecule has 0 fully saturated rings. The molecule has 4 heteroatoms. The number of rotatable bonds is 5. The van der Waals surface area contributed by atoms with Crippen LogP contribution in [0.3, 0.4) is 0 Å². The molecule has 0 aromatic heterocycles. The predicted octanol–water partition coefficient (Wildman–Crippen LogP) is 2.93. The summed E-state index contributed by atoms with van der Waals surface area (Å²) >= 11 is 0. The first-order chi connectivity index (χ1) is 7.22. The van der Waals surface area contributed by atoms with Crippen molar-refractivity contribution in [1.29, 1.82) is 0 Å². The molecule has 0 amide bonds. The maximum absolute atomic E-state index is 5.95. The number of ether oxygens (including phenoxy) is 2. The molecule has 16 heavy (non-hydrogen) atoms. The van der Waals surface area contributed by atoms with Crippen molar-refractivity contribution in [1.82, 2.24) is 0 Å². The summed E-state index contributed by atoms with van der Waals surface area (Å²) in [5.74, 6) is 1.52. The molecule has 3 nitrogen and oxygen atoms in total. The Morgan fingerprint density at radius 3 is 2.44 bits per heavy atom. The summed E-state index contributed by atoms with van der Waals surface area (Å²) in [5, 5.41) is 0. The third kappa shape index (κ3) is 3.58. The van der Waals surface area contributed by atoms with E-state index in [9.17, 15) is 0 Å². The summed E-state index contributed by atoms with van der Waals surface area (Å²) in [7, 11) is 1.64. The fraction of sp³-hybridized carbons (Fsp3) is 0.500. The van der Waals surface area contributed by atoms with Crippen LogP contribution in [0.1, 0.15) is 31.9 Å². The molecule has 1 aromatic carbocycles. The van der Waals surface area contributed by atoms with Crippen molar-refractivity contribution in [3.05, 3.63) is 23.8 Å². The van der Waals surface area contributed by atoms with E-state index in [0.29, 0.717) is 6.61 Å². The molecule has 0 aliphatic carbocycles. The standard InChI is InChI=1S/C12H19NO2.ClH/c1-4-10(13)9-6-7-11(14-3)12(8-9)15-5-2;/h6-8,10H,4-5,13H2,1-3H3;1H/t10-;/m0./s1. The van der Waals surface area contributed by atoms with Crippen molar-refractivity contribution in [2.45, 2.75) is 26.3 Å². The molecule has 0 unspecified atom stereocenters. The van der Waals surface area contributed by atoms with Crippen LogP contribution in [0.5, 0.6) is 11.5 Å². The van der Waals surface area contributed by atoms with E-state index in [0.717, 1.165) is 23.5 Å². The van der Waals surface area contributed by atoms with Gasteiger partial charge in [0.05, 0.1) is 13.7 Å². The summed E-state index contributed by atoms with van der Waals surface area (Å²) in [6.07, 6.45) is 0.915.